The quantitative estimate of drug-likeness (QED) is 0.797. The summed E-state index contributed by atoms with van der Waals surface area (Å²) in [5.41, 5.74) is 1.46. The summed E-state index contributed by atoms with van der Waals surface area (Å²) in [7, 11) is 3.86. The molecule has 1 N–H and O–H groups in total. The van der Waals surface area contributed by atoms with Gasteiger partial charge in [-0.05, 0) is 30.3 Å². The summed E-state index contributed by atoms with van der Waals surface area (Å²) in [5, 5.41) is 4.02. The van der Waals surface area contributed by atoms with Gasteiger partial charge in [0, 0.05) is 25.2 Å². The van der Waals surface area contributed by atoms with E-state index in [0.29, 0.717) is 11.6 Å². The number of aromatic nitrogens is 2. The van der Waals surface area contributed by atoms with Crippen molar-refractivity contribution >= 4 is 28.4 Å². The van der Waals surface area contributed by atoms with E-state index in [1.165, 1.54) is 12.1 Å². The molecule has 5 heteroatoms. The smallest absolute Gasteiger partial charge is 0.229 e. The van der Waals surface area contributed by atoms with Gasteiger partial charge < -0.3 is 10.2 Å². The van der Waals surface area contributed by atoms with Crippen molar-refractivity contribution in [1.29, 1.82) is 0 Å². The van der Waals surface area contributed by atoms with Crippen LogP contribution in [0.1, 0.15) is 0 Å². The predicted octanol–water partition coefficient (Wildman–Crippen LogP) is 3.58. The SMILES string of the molecule is CN(C)c1nc(Nc2cccc(F)c2)nc2ccccc12. The van der Waals surface area contributed by atoms with E-state index in [1.54, 1.807) is 12.1 Å². The lowest BCUT2D eigenvalue weighted by Gasteiger charge is -2.15. The molecule has 0 fully saturated rings. The normalized spacial score (nSPS) is 10.6. The van der Waals surface area contributed by atoms with E-state index in [0.717, 1.165) is 16.7 Å². The molecule has 4 nitrogen and oxygen atoms in total. The topological polar surface area (TPSA) is 41.1 Å². The first kappa shape index (κ1) is 13.3. The minimum Gasteiger partial charge on any atom is -0.362 e. The Morgan fingerprint density at radius 3 is 2.57 bits per heavy atom. The van der Waals surface area contributed by atoms with E-state index in [4.69, 9.17) is 0 Å². The minimum absolute atomic E-state index is 0.298. The van der Waals surface area contributed by atoms with E-state index in [9.17, 15) is 4.39 Å². The highest BCUT2D eigenvalue weighted by molar-refractivity contribution is 5.90. The predicted molar refractivity (Wildman–Crippen MR) is 83.5 cm³/mol. The van der Waals surface area contributed by atoms with E-state index in [1.807, 2.05) is 43.3 Å². The molecule has 3 aromatic rings. The molecule has 0 aliphatic rings. The maximum atomic E-state index is 13.2. The number of hydrogen-bond donors (Lipinski definition) is 1. The van der Waals surface area contributed by atoms with Gasteiger partial charge in [-0.1, -0.05) is 18.2 Å². The molecule has 0 saturated heterocycles. The van der Waals surface area contributed by atoms with Gasteiger partial charge in [-0.25, -0.2) is 9.37 Å². The summed E-state index contributed by atoms with van der Waals surface area (Å²) in [6, 6.07) is 14.0. The summed E-state index contributed by atoms with van der Waals surface area (Å²) in [6.45, 7) is 0. The van der Waals surface area contributed by atoms with Gasteiger partial charge in [0.1, 0.15) is 11.6 Å². The van der Waals surface area contributed by atoms with Crippen LogP contribution in [0.2, 0.25) is 0 Å². The van der Waals surface area contributed by atoms with Gasteiger partial charge in [0.15, 0.2) is 0 Å². The van der Waals surface area contributed by atoms with Crippen LogP contribution in [-0.2, 0) is 0 Å². The molecular weight excluding hydrogens is 267 g/mol. The van der Waals surface area contributed by atoms with Crippen LogP contribution in [0.3, 0.4) is 0 Å². The average molecular weight is 282 g/mol. The Bertz CT molecular complexity index is 786. The largest absolute Gasteiger partial charge is 0.362 e. The highest BCUT2D eigenvalue weighted by atomic mass is 19.1. The summed E-state index contributed by atoms with van der Waals surface area (Å²) in [5.74, 6) is 0.969. The molecular formula is C16H15FN4. The molecule has 0 bridgehead atoms. The van der Waals surface area contributed by atoms with Crippen molar-refractivity contribution in [2.75, 3.05) is 24.3 Å². The third-order valence-corrected chi connectivity index (χ3v) is 3.09. The van der Waals surface area contributed by atoms with E-state index >= 15 is 0 Å². The van der Waals surface area contributed by atoms with Crippen molar-refractivity contribution in [3.63, 3.8) is 0 Å². The lowest BCUT2D eigenvalue weighted by atomic mass is 10.2. The Morgan fingerprint density at radius 2 is 1.81 bits per heavy atom. The Labute approximate surface area is 122 Å². The number of nitrogens with zero attached hydrogens (tertiary/aromatic N) is 3. The van der Waals surface area contributed by atoms with Gasteiger partial charge in [0.25, 0.3) is 0 Å². The zero-order valence-electron chi connectivity index (χ0n) is 11.8. The highest BCUT2D eigenvalue weighted by Crippen LogP contribution is 2.25. The van der Waals surface area contributed by atoms with Crippen molar-refractivity contribution in [2.24, 2.45) is 0 Å². The van der Waals surface area contributed by atoms with Crippen LogP contribution in [-0.4, -0.2) is 24.1 Å². The summed E-state index contributed by atoms with van der Waals surface area (Å²) < 4.78 is 13.2. The number of anilines is 3. The monoisotopic (exact) mass is 282 g/mol. The number of benzene rings is 2. The Kier molecular flexibility index (Phi) is 3.39. The lowest BCUT2D eigenvalue weighted by molar-refractivity contribution is 0.628. The van der Waals surface area contributed by atoms with Crippen molar-refractivity contribution in [3.05, 3.63) is 54.3 Å². The van der Waals surface area contributed by atoms with Gasteiger partial charge in [0.2, 0.25) is 5.95 Å². The molecule has 0 aliphatic heterocycles. The van der Waals surface area contributed by atoms with Crippen LogP contribution >= 0.6 is 0 Å². The molecule has 0 radical (unpaired) electrons. The Hall–Kier alpha value is -2.69. The fraction of sp³-hybridized carbons (Fsp3) is 0.125. The zero-order valence-corrected chi connectivity index (χ0v) is 11.8. The van der Waals surface area contributed by atoms with Gasteiger partial charge in [-0.3, -0.25) is 0 Å². The molecule has 0 unspecified atom stereocenters. The second-order valence-corrected chi connectivity index (χ2v) is 4.92. The second kappa shape index (κ2) is 5.36. The molecule has 0 saturated carbocycles. The molecule has 0 aliphatic carbocycles. The van der Waals surface area contributed by atoms with Gasteiger partial charge in [-0.15, -0.1) is 0 Å². The van der Waals surface area contributed by atoms with Gasteiger partial charge >= 0.3 is 0 Å². The van der Waals surface area contributed by atoms with Crippen LogP contribution in [0.15, 0.2) is 48.5 Å². The third-order valence-electron chi connectivity index (χ3n) is 3.09. The van der Waals surface area contributed by atoms with Crippen LogP contribution < -0.4 is 10.2 Å². The maximum absolute atomic E-state index is 13.2. The number of nitrogens with one attached hydrogen (secondary N) is 1. The summed E-state index contributed by atoms with van der Waals surface area (Å²) in [6.07, 6.45) is 0. The van der Waals surface area contributed by atoms with Crippen molar-refractivity contribution in [2.45, 2.75) is 0 Å². The molecule has 106 valence electrons. The summed E-state index contributed by atoms with van der Waals surface area (Å²) >= 11 is 0. The highest BCUT2D eigenvalue weighted by Gasteiger charge is 2.09. The summed E-state index contributed by atoms with van der Waals surface area (Å²) in [4.78, 5) is 10.9. The first-order chi connectivity index (χ1) is 10.1. The number of hydrogen-bond acceptors (Lipinski definition) is 4. The molecule has 21 heavy (non-hydrogen) atoms. The molecule has 1 aromatic heterocycles. The van der Waals surface area contributed by atoms with Crippen LogP contribution in [0.5, 0.6) is 0 Å². The second-order valence-electron chi connectivity index (χ2n) is 4.92. The first-order valence-electron chi connectivity index (χ1n) is 6.60. The molecule has 3 rings (SSSR count). The fourth-order valence-corrected chi connectivity index (χ4v) is 2.15. The number of rotatable bonds is 3. The minimum atomic E-state index is -0.298. The molecule has 1 heterocycles. The van der Waals surface area contributed by atoms with Crippen molar-refractivity contribution in [3.8, 4) is 0 Å². The molecule has 0 atom stereocenters. The van der Waals surface area contributed by atoms with E-state index < -0.39 is 0 Å². The Balaban J connectivity index is 2.07. The molecule has 0 spiro atoms. The Morgan fingerprint density at radius 1 is 1.00 bits per heavy atom. The van der Waals surface area contributed by atoms with Crippen LogP contribution in [0.4, 0.5) is 21.8 Å². The molecule has 2 aromatic carbocycles. The average Bonchev–Trinajstić information content (AvgIpc) is 2.46. The zero-order chi connectivity index (χ0) is 14.8. The standard InChI is InChI=1S/C16H15FN4/c1-21(2)15-13-8-3-4-9-14(13)19-16(20-15)18-12-7-5-6-11(17)10-12/h3-10H,1-2H3,(H,18,19,20). The maximum Gasteiger partial charge on any atom is 0.229 e. The van der Waals surface area contributed by atoms with Crippen LogP contribution in [0, 0.1) is 5.82 Å². The third kappa shape index (κ3) is 2.76. The van der Waals surface area contributed by atoms with E-state index in [2.05, 4.69) is 15.3 Å². The number of para-hydroxylation sites is 1. The molecule has 0 amide bonds. The fourth-order valence-electron chi connectivity index (χ4n) is 2.15. The number of fused-ring (bicyclic) bond motifs is 1. The van der Waals surface area contributed by atoms with Crippen molar-refractivity contribution in [1.82, 2.24) is 9.97 Å². The lowest BCUT2D eigenvalue weighted by Crippen LogP contribution is -2.13. The van der Waals surface area contributed by atoms with Crippen LogP contribution in [0.25, 0.3) is 10.9 Å². The van der Waals surface area contributed by atoms with Gasteiger partial charge in [0.05, 0.1) is 5.52 Å². The van der Waals surface area contributed by atoms with Crippen molar-refractivity contribution < 1.29 is 4.39 Å². The first-order valence-corrected chi connectivity index (χ1v) is 6.60. The number of halogens is 1. The van der Waals surface area contributed by atoms with Gasteiger partial charge in [-0.2, -0.15) is 4.98 Å². The van der Waals surface area contributed by atoms with E-state index in [-0.39, 0.29) is 5.82 Å².